The van der Waals surface area contributed by atoms with E-state index >= 15 is 0 Å². The number of benzene rings is 1. The molecule has 1 N–H and O–H groups in total. The zero-order valence-corrected chi connectivity index (χ0v) is 11.0. The van der Waals surface area contributed by atoms with E-state index in [1.165, 1.54) is 30.4 Å². The van der Waals surface area contributed by atoms with Crippen LogP contribution in [0.25, 0.3) is 0 Å². The molecule has 3 heterocycles. The van der Waals surface area contributed by atoms with E-state index in [1.807, 2.05) is 0 Å². The van der Waals surface area contributed by atoms with Crippen LogP contribution in [-0.4, -0.2) is 26.0 Å². The van der Waals surface area contributed by atoms with Gasteiger partial charge in [-0.1, -0.05) is 6.42 Å². The van der Waals surface area contributed by atoms with Gasteiger partial charge in [0, 0.05) is 6.04 Å². The molecule has 3 aliphatic rings. The van der Waals surface area contributed by atoms with E-state index in [4.69, 9.17) is 14.2 Å². The van der Waals surface area contributed by atoms with Crippen LogP contribution in [0.1, 0.15) is 36.5 Å². The van der Waals surface area contributed by atoms with Crippen molar-refractivity contribution in [3.05, 3.63) is 23.3 Å². The minimum Gasteiger partial charge on any atom is -0.454 e. The molecular weight excluding hydrogens is 242 g/mol. The molecule has 0 bridgehead atoms. The molecule has 3 aliphatic heterocycles. The molecule has 1 aromatic rings. The Kier molecular flexibility index (Phi) is 2.85. The van der Waals surface area contributed by atoms with E-state index in [9.17, 15) is 0 Å². The van der Waals surface area contributed by atoms with Crippen molar-refractivity contribution in [1.82, 2.24) is 5.32 Å². The SMILES string of the molecule is c1c2c(cc3c1OCO3)[C@@H]([C@@H]1CCCCN1)OCC2. The van der Waals surface area contributed by atoms with Crippen molar-refractivity contribution in [3.63, 3.8) is 0 Å². The molecule has 0 aromatic heterocycles. The van der Waals surface area contributed by atoms with Gasteiger partial charge in [-0.15, -0.1) is 0 Å². The first-order valence-electron chi connectivity index (χ1n) is 7.19. The minimum absolute atomic E-state index is 0.165. The number of piperidine rings is 1. The van der Waals surface area contributed by atoms with Crippen molar-refractivity contribution in [1.29, 1.82) is 0 Å². The van der Waals surface area contributed by atoms with Crippen LogP contribution in [0.2, 0.25) is 0 Å². The van der Waals surface area contributed by atoms with Crippen LogP contribution in [0.4, 0.5) is 0 Å². The Labute approximate surface area is 113 Å². The van der Waals surface area contributed by atoms with Gasteiger partial charge in [-0.05, 0) is 49.1 Å². The fraction of sp³-hybridized carbons (Fsp3) is 0.600. The zero-order chi connectivity index (χ0) is 12.7. The first-order chi connectivity index (χ1) is 9.42. The van der Waals surface area contributed by atoms with E-state index in [1.54, 1.807) is 0 Å². The van der Waals surface area contributed by atoms with Gasteiger partial charge in [0.25, 0.3) is 0 Å². The van der Waals surface area contributed by atoms with Crippen LogP contribution in [-0.2, 0) is 11.2 Å². The van der Waals surface area contributed by atoms with Crippen LogP contribution in [0.5, 0.6) is 11.5 Å². The summed E-state index contributed by atoms with van der Waals surface area (Å²) in [6.07, 6.45) is 4.89. The van der Waals surface area contributed by atoms with Crippen LogP contribution < -0.4 is 14.8 Å². The Hall–Kier alpha value is -1.26. The molecule has 0 unspecified atom stereocenters. The van der Waals surface area contributed by atoms with Gasteiger partial charge in [0.05, 0.1) is 12.7 Å². The van der Waals surface area contributed by atoms with Crippen molar-refractivity contribution in [2.75, 3.05) is 19.9 Å². The van der Waals surface area contributed by atoms with Gasteiger partial charge in [-0.3, -0.25) is 0 Å². The molecule has 4 nitrogen and oxygen atoms in total. The van der Waals surface area contributed by atoms with E-state index in [0.717, 1.165) is 31.1 Å². The van der Waals surface area contributed by atoms with Crippen LogP contribution in [0.15, 0.2) is 12.1 Å². The number of nitrogens with one attached hydrogen (secondary N) is 1. The molecule has 1 saturated heterocycles. The molecule has 2 atom stereocenters. The predicted octanol–water partition coefficient (Wildman–Crippen LogP) is 2.17. The Morgan fingerprint density at radius 1 is 1.11 bits per heavy atom. The summed E-state index contributed by atoms with van der Waals surface area (Å²) < 4.78 is 17.0. The van der Waals surface area contributed by atoms with Gasteiger partial charge in [-0.25, -0.2) is 0 Å². The van der Waals surface area contributed by atoms with Crippen LogP contribution >= 0.6 is 0 Å². The lowest BCUT2D eigenvalue weighted by Gasteiger charge is -2.35. The maximum Gasteiger partial charge on any atom is 0.231 e. The lowest BCUT2D eigenvalue weighted by atomic mass is 9.89. The summed E-state index contributed by atoms with van der Waals surface area (Å²) in [7, 11) is 0. The standard InChI is InChI=1S/C15H19NO3/c1-2-5-16-12(3-1)15-11-8-14-13(18-9-19-14)7-10(11)4-6-17-15/h7-8,12,15-16H,1-6,9H2/t12-,15-/m0/s1. The number of hydrogen-bond acceptors (Lipinski definition) is 4. The van der Waals surface area contributed by atoms with Gasteiger partial charge in [0.1, 0.15) is 0 Å². The highest BCUT2D eigenvalue weighted by molar-refractivity contribution is 5.50. The summed E-state index contributed by atoms with van der Waals surface area (Å²) in [4.78, 5) is 0. The smallest absolute Gasteiger partial charge is 0.231 e. The summed E-state index contributed by atoms with van der Waals surface area (Å²) in [5.74, 6) is 1.75. The van der Waals surface area contributed by atoms with E-state index in [-0.39, 0.29) is 6.10 Å². The van der Waals surface area contributed by atoms with Gasteiger partial charge in [0.2, 0.25) is 6.79 Å². The van der Waals surface area contributed by atoms with Crippen molar-refractivity contribution in [2.24, 2.45) is 0 Å². The summed E-state index contributed by atoms with van der Waals surface area (Å²) in [6.45, 7) is 2.24. The maximum atomic E-state index is 6.04. The van der Waals surface area contributed by atoms with E-state index in [2.05, 4.69) is 17.4 Å². The number of fused-ring (bicyclic) bond motifs is 2. The van der Waals surface area contributed by atoms with Crippen LogP contribution in [0, 0.1) is 0 Å². The third-order valence-electron chi connectivity index (χ3n) is 4.32. The van der Waals surface area contributed by atoms with Crippen molar-refractivity contribution in [3.8, 4) is 11.5 Å². The molecule has 0 radical (unpaired) electrons. The first-order valence-corrected chi connectivity index (χ1v) is 7.19. The lowest BCUT2D eigenvalue weighted by Crippen LogP contribution is -2.41. The second-order valence-electron chi connectivity index (χ2n) is 5.50. The first kappa shape index (κ1) is 11.6. The normalized spacial score (nSPS) is 29.1. The second-order valence-corrected chi connectivity index (χ2v) is 5.50. The summed E-state index contributed by atoms with van der Waals surface area (Å²) in [6, 6.07) is 4.70. The molecule has 102 valence electrons. The summed E-state index contributed by atoms with van der Waals surface area (Å²) in [5.41, 5.74) is 2.64. The Balaban J connectivity index is 1.69. The molecule has 0 saturated carbocycles. The minimum atomic E-state index is 0.165. The summed E-state index contributed by atoms with van der Waals surface area (Å²) >= 11 is 0. The Bertz CT molecular complexity index is 483. The summed E-state index contributed by atoms with van der Waals surface area (Å²) in [5, 5.41) is 3.60. The molecule has 0 spiro atoms. The number of ether oxygens (including phenoxy) is 3. The fourth-order valence-corrected chi connectivity index (χ4v) is 3.34. The highest BCUT2D eigenvalue weighted by Gasteiger charge is 2.31. The average Bonchev–Trinajstić information content (AvgIpc) is 2.92. The third-order valence-corrected chi connectivity index (χ3v) is 4.32. The van der Waals surface area contributed by atoms with Crippen LogP contribution in [0.3, 0.4) is 0 Å². The topological polar surface area (TPSA) is 39.7 Å². The largest absolute Gasteiger partial charge is 0.454 e. The third kappa shape index (κ3) is 1.99. The Morgan fingerprint density at radius 3 is 2.84 bits per heavy atom. The molecule has 0 amide bonds. The molecule has 1 aromatic carbocycles. The molecule has 4 heteroatoms. The van der Waals surface area contributed by atoms with Gasteiger partial charge in [0.15, 0.2) is 11.5 Å². The number of hydrogen-bond donors (Lipinski definition) is 1. The van der Waals surface area contributed by atoms with Crippen molar-refractivity contribution in [2.45, 2.75) is 37.8 Å². The number of rotatable bonds is 1. The maximum absolute atomic E-state index is 6.04. The lowest BCUT2D eigenvalue weighted by molar-refractivity contribution is 0.00884. The molecule has 19 heavy (non-hydrogen) atoms. The van der Waals surface area contributed by atoms with E-state index < -0.39 is 0 Å². The van der Waals surface area contributed by atoms with Gasteiger partial charge in [-0.2, -0.15) is 0 Å². The van der Waals surface area contributed by atoms with Crippen molar-refractivity contribution < 1.29 is 14.2 Å². The predicted molar refractivity (Wildman–Crippen MR) is 70.6 cm³/mol. The van der Waals surface area contributed by atoms with E-state index in [0.29, 0.717) is 12.8 Å². The zero-order valence-electron chi connectivity index (χ0n) is 11.0. The molecule has 1 fully saturated rings. The highest BCUT2D eigenvalue weighted by atomic mass is 16.7. The van der Waals surface area contributed by atoms with Gasteiger partial charge >= 0.3 is 0 Å². The van der Waals surface area contributed by atoms with Crippen molar-refractivity contribution >= 4 is 0 Å². The average molecular weight is 261 g/mol. The molecule has 0 aliphatic carbocycles. The molecular formula is C15H19NO3. The Morgan fingerprint density at radius 2 is 2.00 bits per heavy atom. The fourth-order valence-electron chi connectivity index (χ4n) is 3.34. The van der Waals surface area contributed by atoms with Gasteiger partial charge < -0.3 is 19.5 Å². The molecule has 4 rings (SSSR count). The second kappa shape index (κ2) is 4.69. The highest BCUT2D eigenvalue weighted by Crippen LogP contribution is 2.41. The monoisotopic (exact) mass is 261 g/mol. The quantitative estimate of drug-likeness (QED) is 0.841.